The SMILES string of the molecule is CCNS(=O)(=O)c1ccc(NC(=O)[C@H](C)Sc2nc(-c3ccccc3)cc(C(F)(F)F)n2)cc1. The molecule has 3 aromatic rings. The predicted octanol–water partition coefficient (Wildman–Crippen LogP) is 4.58. The zero-order valence-corrected chi connectivity index (χ0v) is 19.8. The molecule has 0 aliphatic carbocycles. The Bertz CT molecular complexity index is 1250. The van der Waals surface area contributed by atoms with Crippen LogP contribution in [0.1, 0.15) is 19.5 Å². The second kappa shape index (κ2) is 10.5. The molecule has 0 saturated heterocycles. The Kier molecular flexibility index (Phi) is 7.95. The normalized spacial score (nSPS) is 12.9. The van der Waals surface area contributed by atoms with Crippen LogP contribution in [0.3, 0.4) is 0 Å². The molecule has 2 N–H and O–H groups in total. The number of carbonyl (C=O) groups excluding carboxylic acids is 1. The molecule has 3 rings (SSSR count). The van der Waals surface area contributed by atoms with Crippen LogP contribution >= 0.6 is 11.8 Å². The van der Waals surface area contributed by atoms with Gasteiger partial charge in [0.2, 0.25) is 15.9 Å². The zero-order valence-electron chi connectivity index (χ0n) is 18.1. The second-order valence-electron chi connectivity index (χ2n) is 7.06. The minimum Gasteiger partial charge on any atom is -0.325 e. The van der Waals surface area contributed by atoms with Gasteiger partial charge in [-0.1, -0.05) is 49.0 Å². The average molecular weight is 511 g/mol. The van der Waals surface area contributed by atoms with Gasteiger partial charge in [0, 0.05) is 17.8 Å². The largest absolute Gasteiger partial charge is 0.433 e. The number of rotatable bonds is 8. The third kappa shape index (κ3) is 6.55. The summed E-state index contributed by atoms with van der Waals surface area (Å²) < 4.78 is 66.5. The molecule has 0 spiro atoms. The zero-order chi connectivity index (χ0) is 24.9. The Balaban J connectivity index is 1.77. The highest BCUT2D eigenvalue weighted by molar-refractivity contribution is 8.00. The summed E-state index contributed by atoms with van der Waals surface area (Å²) in [6, 6.07) is 14.8. The van der Waals surface area contributed by atoms with Crippen LogP contribution in [0.2, 0.25) is 0 Å². The van der Waals surface area contributed by atoms with Crippen molar-refractivity contribution in [3.8, 4) is 11.3 Å². The Morgan fingerprint density at radius 3 is 2.29 bits per heavy atom. The average Bonchev–Trinajstić information content (AvgIpc) is 2.79. The van der Waals surface area contributed by atoms with Crippen LogP contribution in [0.5, 0.6) is 0 Å². The molecule has 1 aromatic heterocycles. The number of thioether (sulfide) groups is 1. The van der Waals surface area contributed by atoms with E-state index >= 15 is 0 Å². The molecule has 0 radical (unpaired) electrons. The molecule has 180 valence electrons. The maximum absolute atomic E-state index is 13.4. The monoisotopic (exact) mass is 510 g/mol. The minimum atomic E-state index is -4.68. The first-order chi connectivity index (χ1) is 16.0. The quantitative estimate of drug-likeness (QED) is 0.340. The van der Waals surface area contributed by atoms with E-state index in [2.05, 4.69) is 20.0 Å². The topological polar surface area (TPSA) is 101 Å². The fraction of sp³-hybridized carbons (Fsp3) is 0.227. The summed E-state index contributed by atoms with van der Waals surface area (Å²) in [7, 11) is -3.63. The van der Waals surface area contributed by atoms with Gasteiger partial charge < -0.3 is 5.32 Å². The van der Waals surface area contributed by atoms with Crippen molar-refractivity contribution in [1.82, 2.24) is 14.7 Å². The van der Waals surface area contributed by atoms with Crippen molar-refractivity contribution >= 4 is 33.4 Å². The Hall–Kier alpha value is -2.96. The lowest BCUT2D eigenvalue weighted by atomic mass is 10.1. The lowest BCUT2D eigenvalue weighted by Crippen LogP contribution is -2.24. The molecule has 1 atom stereocenters. The maximum Gasteiger partial charge on any atom is 0.433 e. The molecular formula is C22H21F3N4O3S2. The maximum atomic E-state index is 13.4. The molecule has 2 aromatic carbocycles. The molecule has 0 aliphatic heterocycles. The van der Waals surface area contributed by atoms with Gasteiger partial charge in [-0.2, -0.15) is 13.2 Å². The highest BCUT2D eigenvalue weighted by atomic mass is 32.2. The van der Waals surface area contributed by atoms with Crippen LogP contribution in [0.25, 0.3) is 11.3 Å². The lowest BCUT2D eigenvalue weighted by Gasteiger charge is -2.14. The van der Waals surface area contributed by atoms with E-state index in [4.69, 9.17) is 0 Å². The number of amides is 1. The number of halogens is 3. The number of anilines is 1. The second-order valence-corrected chi connectivity index (χ2v) is 10.1. The fourth-order valence-corrected chi connectivity index (χ4v) is 4.65. The van der Waals surface area contributed by atoms with Crippen molar-refractivity contribution in [2.24, 2.45) is 0 Å². The van der Waals surface area contributed by atoms with E-state index in [1.54, 1.807) is 37.3 Å². The van der Waals surface area contributed by atoms with E-state index in [1.165, 1.54) is 31.2 Å². The third-order valence-electron chi connectivity index (χ3n) is 4.48. The van der Waals surface area contributed by atoms with E-state index in [9.17, 15) is 26.4 Å². The summed E-state index contributed by atoms with van der Waals surface area (Å²) in [6.07, 6.45) is -4.68. The molecule has 12 heteroatoms. The van der Waals surface area contributed by atoms with Gasteiger partial charge in [-0.25, -0.2) is 23.1 Å². The summed E-state index contributed by atoms with van der Waals surface area (Å²) >= 11 is 0.784. The molecule has 0 saturated carbocycles. The van der Waals surface area contributed by atoms with Gasteiger partial charge in [-0.05, 0) is 37.3 Å². The highest BCUT2D eigenvalue weighted by Gasteiger charge is 2.34. The smallest absolute Gasteiger partial charge is 0.325 e. The van der Waals surface area contributed by atoms with Crippen molar-refractivity contribution < 1.29 is 26.4 Å². The summed E-state index contributed by atoms with van der Waals surface area (Å²) in [5.74, 6) is -0.505. The molecule has 0 bridgehead atoms. The molecule has 1 amide bonds. The molecule has 7 nitrogen and oxygen atoms in total. The van der Waals surface area contributed by atoms with Crippen LogP contribution in [0, 0.1) is 0 Å². The predicted molar refractivity (Wildman–Crippen MR) is 124 cm³/mol. The number of carbonyl (C=O) groups is 1. The number of hydrogen-bond donors (Lipinski definition) is 2. The summed E-state index contributed by atoms with van der Waals surface area (Å²) in [5, 5.41) is 1.58. The van der Waals surface area contributed by atoms with Crippen molar-refractivity contribution in [2.75, 3.05) is 11.9 Å². The van der Waals surface area contributed by atoms with Gasteiger partial charge in [0.05, 0.1) is 15.8 Å². The molecule has 0 aliphatic rings. The van der Waals surface area contributed by atoms with E-state index in [0.717, 1.165) is 17.8 Å². The van der Waals surface area contributed by atoms with Crippen LogP contribution < -0.4 is 10.0 Å². The van der Waals surface area contributed by atoms with E-state index < -0.39 is 33.1 Å². The van der Waals surface area contributed by atoms with Crippen molar-refractivity contribution in [3.05, 3.63) is 66.4 Å². The fourth-order valence-electron chi connectivity index (χ4n) is 2.83. The Labute approximate surface area is 199 Å². The number of alkyl halides is 3. The third-order valence-corrected chi connectivity index (χ3v) is 7.01. The van der Waals surface area contributed by atoms with Crippen molar-refractivity contribution in [3.63, 3.8) is 0 Å². The number of aromatic nitrogens is 2. The van der Waals surface area contributed by atoms with Crippen molar-refractivity contribution in [1.29, 1.82) is 0 Å². The Morgan fingerprint density at radius 2 is 1.71 bits per heavy atom. The van der Waals surface area contributed by atoms with Gasteiger partial charge >= 0.3 is 6.18 Å². The molecule has 34 heavy (non-hydrogen) atoms. The number of sulfonamides is 1. The molecule has 1 heterocycles. The first kappa shape index (κ1) is 25.7. The number of benzene rings is 2. The Morgan fingerprint density at radius 1 is 1.06 bits per heavy atom. The highest BCUT2D eigenvalue weighted by Crippen LogP contribution is 2.33. The first-order valence-electron chi connectivity index (χ1n) is 10.1. The standard InChI is InChI=1S/C22H21F3N4O3S2/c1-3-26-34(31,32)17-11-9-16(10-12-17)27-20(30)14(2)33-21-28-18(15-7-5-4-6-8-15)13-19(29-21)22(23,24)25/h4-14,26H,3H2,1-2H3,(H,27,30)/t14-/m0/s1. The molecule has 0 unspecified atom stereocenters. The van der Waals surface area contributed by atoms with Gasteiger partial charge in [0.25, 0.3) is 0 Å². The van der Waals surface area contributed by atoms with E-state index in [0.29, 0.717) is 11.3 Å². The van der Waals surface area contributed by atoms with Gasteiger partial charge in [-0.15, -0.1) is 0 Å². The van der Waals surface area contributed by atoms with Crippen LogP contribution in [0.4, 0.5) is 18.9 Å². The van der Waals surface area contributed by atoms with Crippen LogP contribution in [0.15, 0.2) is 70.7 Å². The first-order valence-corrected chi connectivity index (χ1v) is 12.4. The molecular weight excluding hydrogens is 489 g/mol. The summed E-state index contributed by atoms with van der Waals surface area (Å²) in [6.45, 7) is 3.40. The van der Waals surface area contributed by atoms with Crippen LogP contribution in [-0.4, -0.2) is 36.1 Å². The van der Waals surface area contributed by atoms with Gasteiger partial charge in [0.1, 0.15) is 5.69 Å². The number of nitrogens with zero attached hydrogens (tertiary/aromatic N) is 2. The number of hydrogen-bond acceptors (Lipinski definition) is 6. The van der Waals surface area contributed by atoms with Crippen LogP contribution in [-0.2, 0) is 21.0 Å². The van der Waals surface area contributed by atoms with E-state index in [-0.39, 0.29) is 22.3 Å². The summed E-state index contributed by atoms with van der Waals surface area (Å²) in [5.41, 5.74) is -0.186. The van der Waals surface area contributed by atoms with Crippen molar-refractivity contribution in [2.45, 2.75) is 35.3 Å². The van der Waals surface area contributed by atoms with E-state index in [1.807, 2.05) is 0 Å². The van der Waals surface area contributed by atoms with Gasteiger partial charge in [-0.3, -0.25) is 4.79 Å². The summed E-state index contributed by atoms with van der Waals surface area (Å²) in [4.78, 5) is 20.4. The lowest BCUT2D eigenvalue weighted by molar-refractivity contribution is -0.141. The van der Waals surface area contributed by atoms with Gasteiger partial charge in [0.15, 0.2) is 5.16 Å². The minimum absolute atomic E-state index is 0.0422. The molecule has 0 fully saturated rings. The number of nitrogens with one attached hydrogen (secondary N) is 2.